The highest BCUT2D eigenvalue weighted by molar-refractivity contribution is 5.97. The summed E-state index contributed by atoms with van der Waals surface area (Å²) < 4.78 is 5.46. The number of H-pyrrole nitrogens is 1. The minimum Gasteiger partial charge on any atom is -0.496 e. The summed E-state index contributed by atoms with van der Waals surface area (Å²) in [7, 11) is 1.63. The van der Waals surface area contributed by atoms with E-state index in [9.17, 15) is 10.0 Å². The molecule has 0 aliphatic carbocycles. The fraction of sp³-hybridized carbons (Fsp3) is 0.0526. The second-order valence-electron chi connectivity index (χ2n) is 5.68. The van der Waals surface area contributed by atoms with Gasteiger partial charge in [-0.05, 0) is 23.4 Å². The molecule has 7 nitrogen and oxygen atoms in total. The Labute approximate surface area is 148 Å². The van der Waals surface area contributed by atoms with Crippen molar-refractivity contribution >= 4 is 16.7 Å². The molecule has 26 heavy (non-hydrogen) atoms. The molecule has 1 aromatic carbocycles. The van der Waals surface area contributed by atoms with Crippen LogP contribution in [-0.2, 0) is 0 Å². The van der Waals surface area contributed by atoms with Gasteiger partial charge in [0.05, 0.1) is 7.11 Å². The normalized spacial score (nSPS) is 10.8. The molecule has 7 heteroatoms. The van der Waals surface area contributed by atoms with Gasteiger partial charge in [0.2, 0.25) is 5.88 Å². The van der Waals surface area contributed by atoms with Crippen LogP contribution in [0.2, 0.25) is 0 Å². The maximum atomic E-state index is 10.8. The van der Waals surface area contributed by atoms with Crippen LogP contribution in [0.3, 0.4) is 0 Å². The Morgan fingerprint density at radius 1 is 1.08 bits per heavy atom. The van der Waals surface area contributed by atoms with E-state index >= 15 is 0 Å². The highest BCUT2D eigenvalue weighted by atomic mass is 16.5. The van der Waals surface area contributed by atoms with Crippen molar-refractivity contribution in [3.63, 3.8) is 0 Å². The number of fused-ring (bicyclic) bond motifs is 1. The Balaban J connectivity index is 1.89. The second kappa shape index (κ2) is 6.29. The number of methoxy groups -OCH3 is 1. The smallest absolute Gasteiger partial charge is 0.241 e. The van der Waals surface area contributed by atoms with Crippen molar-refractivity contribution in [3.05, 3.63) is 59.9 Å². The molecular formula is C19H14N4O3. The predicted octanol–water partition coefficient (Wildman–Crippen LogP) is 4.40. The van der Waals surface area contributed by atoms with Crippen LogP contribution in [-0.4, -0.2) is 27.2 Å². The number of hydrogen-bond donors (Lipinski definition) is 2. The number of para-hydroxylation sites is 1. The van der Waals surface area contributed by atoms with E-state index in [1.807, 2.05) is 36.5 Å². The van der Waals surface area contributed by atoms with Crippen molar-refractivity contribution in [3.8, 4) is 33.9 Å². The lowest BCUT2D eigenvalue weighted by Crippen LogP contribution is -1.87. The third kappa shape index (κ3) is 2.55. The van der Waals surface area contributed by atoms with E-state index in [-0.39, 0.29) is 5.69 Å². The lowest BCUT2D eigenvalue weighted by molar-refractivity contribution is 0.416. The average Bonchev–Trinajstić information content (AvgIpc) is 3.11. The Hall–Kier alpha value is -3.74. The number of aromatic nitrogens is 3. The number of aromatic amines is 1. The zero-order valence-corrected chi connectivity index (χ0v) is 13.8. The number of nitrogens with one attached hydrogen (secondary N) is 1. The number of aromatic hydroxyl groups is 1. The molecule has 0 bridgehead atoms. The molecule has 4 rings (SSSR count). The van der Waals surface area contributed by atoms with E-state index in [4.69, 9.17) is 4.74 Å². The number of benzene rings is 1. The van der Waals surface area contributed by atoms with E-state index in [1.54, 1.807) is 13.3 Å². The number of rotatable bonds is 4. The van der Waals surface area contributed by atoms with Gasteiger partial charge in [0.25, 0.3) is 0 Å². The summed E-state index contributed by atoms with van der Waals surface area (Å²) in [5.74, 6) is 0.367. The van der Waals surface area contributed by atoms with Gasteiger partial charge in [-0.15, -0.1) is 4.91 Å². The Kier molecular flexibility index (Phi) is 3.81. The first-order valence-corrected chi connectivity index (χ1v) is 7.84. The summed E-state index contributed by atoms with van der Waals surface area (Å²) in [6, 6.07) is 11.2. The van der Waals surface area contributed by atoms with Gasteiger partial charge in [-0.2, -0.15) is 0 Å². The number of ether oxygens (including phenoxy) is 1. The number of pyridine rings is 2. The molecular weight excluding hydrogens is 332 g/mol. The molecule has 0 unspecified atom stereocenters. The molecule has 0 spiro atoms. The van der Waals surface area contributed by atoms with Crippen molar-refractivity contribution in [2.75, 3.05) is 7.11 Å². The van der Waals surface area contributed by atoms with Crippen LogP contribution in [0, 0.1) is 4.91 Å². The van der Waals surface area contributed by atoms with Gasteiger partial charge >= 0.3 is 0 Å². The molecule has 0 aliphatic heterocycles. The summed E-state index contributed by atoms with van der Waals surface area (Å²) >= 11 is 0. The number of nitroso groups, excluding NO2 is 1. The molecule has 0 radical (unpaired) electrons. The molecule has 4 aromatic rings. The minimum atomic E-state index is -0.394. The van der Waals surface area contributed by atoms with Crippen molar-refractivity contribution in [2.45, 2.75) is 0 Å². The van der Waals surface area contributed by atoms with Crippen molar-refractivity contribution in [1.82, 2.24) is 15.0 Å². The Morgan fingerprint density at radius 3 is 2.65 bits per heavy atom. The van der Waals surface area contributed by atoms with Gasteiger partial charge in [-0.3, -0.25) is 0 Å². The molecule has 2 N–H and O–H groups in total. The van der Waals surface area contributed by atoms with Crippen LogP contribution in [0.4, 0.5) is 5.69 Å². The van der Waals surface area contributed by atoms with E-state index in [0.717, 1.165) is 33.5 Å². The summed E-state index contributed by atoms with van der Waals surface area (Å²) in [5.41, 5.74) is 3.91. The van der Waals surface area contributed by atoms with E-state index in [2.05, 4.69) is 20.1 Å². The van der Waals surface area contributed by atoms with E-state index in [1.165, 1.54) is 12.3 Å². The SMILES string of the molecule is COc1ccccc1-c1c[nH]c2ncc(-c3cnc(O)c(N=O)c3)cc12. The van der Waals surface area contributed by atoms with Crippen molar-refractivity contribution < 1.29 is 9.84 Å². The predicted molar refractivity (Wildman–Crippen MR) is 98.4 cm³/mol. The standard InChI is InChI=1S/C19H14N4O3/c1-26-17-5-3-2-4-13(17)15-10-21-18-14(15)6-11(8-20-18)12-7-16(23-25)19(24)22-9-12/h2-10H,1H3,(H,20,21)(H,22,24). The Bertz CT molecular complexity index is 1120. The van der Waals surface area contributed by atoms with Gasteiger partial charge in [0.1, 0.15) is 11.4 Å². The number of nitrogens with zero attached hydrogens (tertiary/aromatic N) is 3. The summed E-state index contributed by atoms with van der Waals surface area (Å²) in [4.78, 5) is 22.2. The lowest BCUT2D eigenvalue weighted by atomic mass is 10.0. The van der Waals surface area contributed by atoms with E-state index < -0.39 is 5.88 Å². The number of hydrogen-bond acceptors (Lipinski definition) is 6. The first-order chi connectivity index (χ1) is 12.7. The second-order valence-corrected chi connectivity index (χ2v) is 5.68. The third-order valence-corrected chi connectivity index (χ3v) is 4.21. The first kappa shape index (κ1) is 15.8. The summed E-state index contributed by atoms with van der Waals surface area (Å²) in [6.45, 7) is 0. The van der Waals surface area contributed by atoms with Crippen LogP contribution in [0.15, 0.2) is 60.2 Å². The zero-order valence-electron chi connectivity index (χ0n) is 13.8. The molecule has 0 saturated carbocycles. The van der Waals surface area contributed by atoms with Crippen LogP contribution < -0.4 is 4.74 Å². The van der Waals surface area contributed by atoms with Gasteiger partial charge in [0.15, 0.2) is 5.69 Å². The monoisotopic (exact) mass is 346 g/mol. The van der Waals surface area contributed by atoms with Crippen LogP contribution in [0.25, 0.3) is 33.3 Å². The van der Waals surface area contributed by atoms with Crippen molar-refractivity contribution in [2.24, 2.45) is 5.18 Å². The van der Waals surface area contributed by atoms with Gasteiger partial charge < -0.3 is 14.8 Å². The van der Waals surface area contributed by atoms with E-state index in [0.29, 0.717) is 5.56 Å². The molecule has 0 aliphatic rings. The molecule has 0 atom stereocenters. The molecule has 3 aromatic heterocycles. The third-order valence-electron chi connectivity index (χ3n) is 4.21. The Morgan fingerprint density at radius 2 is 1.85 bits per heavy atom. The zero-order chi connectivity index (χ0) is 18.1. The fourth-order valence-electron chi connectivity index (χ4n) is 2.92. The minimum absolute atomic E-state index is 0.110. The summed E-state index contributed by atoms with van der Waals surface area (Å²) in [6.07, 6.45) is 5.03. The molecule has 0 saturated heterocycles. The van der Waals surface area contributed by atoms with Gasteiger partial charge in [0, 0.05) is 46.2 Å². The summed E-state index contributed by atoms with van der Waals surface area (Å²) in [5, 5.41) is 13.2. The topological polar surface area (TPSA) is 100 Å². The molecule has 0 amide bonds. The molecule has 128 valence electrons. The van der Waals surface area contributed by atoms with Crippen LogP contribution in [0.5, 0.6) is 11.6 Å². The van der Waals surface area contributed by atoms with Gasteiger partial charge in [-0.25, -0.2) is 9.97 Å². The van der Waals surface area contributed by atoms with Crippen molar-refractivity contribution in [1.29, 1.82) is 0 Å². The van der Waals surface area contributed by atoms with Gasteiger partial charge in [-0.1, -0.05) is 18.2 Å². The largest absolute Gasteiger partial charge is 0.496 e. The quantitative estimate of drug-likeness (QED) is 0.533. The maximum Gasteiger partial charge on any atom is 0.241 e. The van der Waals surface area contributed by atoms with Crippen LogP contribution >= 0.6 is 0 Å². The average molecular weight is 346 g/mol. The highest BCUT2D eigenvalue weighted by Crippen LogP contribution is 2.36. The highest BCUT2D eigenvalue weighted by Gasteiger charge is 2.13. The first-order valence-electron chi connectivity index (χ1n) is 7.84. The van der Waals surface area contributed by atoms with Crippen LogP contribution in [0.1, 0.15) is 0 Å². The molecule has 0 fully saturated rings. The molecule has 3 heterocycles. The lowest BCUT2D eigenvalue weighted by Gasteiger charge is -2.08. The fourth-order valence-corrected chi connectivity index (χ4v) is 2.92. The maximum absolute atomic E-state index is 10.8.